The SMILES string of the molecule is CC1(C)c2ccccc2N(c2c(-c3ccc4ccccc4c3)ccc3ccccc23)c2cccc(-c3ccc(N(c4ccc5ccccc5c4)c4cccc5ccccc45)cc3)c21. The van der Waals surface area contributed by atoms with Gasteiger partial charge >= 0.3 is 0 Å². The van der Waals surface area contributed by atoms with Gasteiger partial charge in [-0.15, -0.1) is 0 Å². The monoisotopic (exact) mass is 804 g/mol. The molecule has 11 aromatic carbocycles. The van der Waals surface area contributed by atoms with Crippen molar-refractivity contribution in [2.75, 3.05) is 9.80 Å². The lowest BCUT2D eigenvalue weighted by atomic mass is 9.70. The highest BCUT2D eigenvalue weighted by Crippen LogP contribution is 2.57. The maximum Gasteiger partial charge on any atom is 0.0618 e. The second-order valence-corrected chi connectivity index (χ2v) is 17.3. The first-order chi connectivity index (χ1) is 31.0. The lowest BCUT2D eigenvalue weighted by Gasteiger charge is -2.44. The first kappa shape index (κ1) is 36.9. The Kier molecular flexibility index (Phi) is 8.55. The average molecular weight is 805 g/mol. The Labute approximate surface area is 368 Å². The molecule has 0 atom stereocenters. The number of nitrogens with zero attached hydrogens (tertiary/aromatic N) is 2. The van der Waals surface area contributed by atoms with Crippen LogP contribution in [0.1, 0.15) is 25.0 Å². The van der Waals surface area contributed by atoms with Crippen molar-refractivity contribution in [1.29, 1.82) is 0 Å². The standard InChI is InChI=1S/C61H44N2/c1-61(2)55-25-11-12-26-57(55)63(60-53-23-10-8-18-44(53)34-38-54(60)48-30-29-41-15-3-5-19-46(41)39-48)58-28-14-24-52(59(58)61)45-32-35-49(36-33-45)62(50-37-31-42-16-4-6-20-47(42)40-50)56-27-13-21-43-17-7-9-22-51(43)56/h3-40H,1-2H3. The van der Waals surface area contributed by atoms with Gasteiger partial charge < -0.3 is 9.80 Å². The second-order valence-electron chi connectivity index (χ2n) is 17.3. The molecule has 0 N–H and O–H groups in total. The van der Waals surface area contributed by atoms with Crippen molar-refractivity contribution in [2.24, 2.45) is 0 Å². The zero-order chi connectivity index (χ0) is 42.1. The number of anilines is 6. The van der Waals surface area contributed by atoms with E-state index >= 15 is 0 Å². The van der Waals surface area contributed by atoms with Crippen LogP contribution in [0, 0.1) is 0 Å². The van der Waals surface area contributed by atoms with Gasteiger partial charge in [-0.05, 0) is 109 Å². The van der Waals surface area contributed by atoms with Crippen molar-refractivity contribution in [3.63, 3.8) is 0 Å². The molecular weight excluding hydrogens is 761 g/mol. The van der Waals surface area contributed by atoms with Crippen LogP contribution in [0.25, 0.3) is 65.3 Å². The average Bonchev–Trinajstić information content (AvgIpc) is 3.34. The van der Waals surface area contributed by atoms with Crippen LogP contribution in [-0.2, 0) is 5.41 Å². The quantitative estimate of drug-likeness (QED) is 0.165. The molecule has 0 spiro atoms. The van der Waals surface area contributed by atoms with Crippen LogP contribution in [0.4, 0.5) is 34.1 Å². The van der Waals surface area contributed by atoms with Crippen LogP contribution in [0.15, 0.2) is 231 Å². The molecule has 0 amide bonds. The summed E-state index contributed by atoms with van der Waals surface area (Å²) < 4.78 is 0. The van der Waals surface area contributed by atoms with E-state index in [1.807, 2.05) is 0 Å². The fourth-order valence-electron chi connectivity index (χ4n) is 10.3. The van der Waals surface area contributed by atoms with Crippen LogP contribution in [0.2, 0.25) is 0 Å². The van der Waals surface area contributed by atoms with Gasteiger partial charge in [0.15, 0.2) is 0 Å². The Hall–Kier alpha value is -7.94. The molecule has 0 aromatic heterocycles. The summed E-state index contributed by atoms with van der Waals surface area (Å²) in [6.45, 7) is 4.80. The van der Waals surface area contributed by atoms with E-state index in [-0.39, 0.29) is 5.41 Å². The lowest BCUT2D eigenvalue weighted by Crippen LogP contribution is -2.31. The van der Waals surface area contributed by atoms with E-state index in [0.29, 0.717) is 0 Å². The fourth-order valence-corrected chi connectivity index (χ4v) is 10.3. The number of fused-ring (bicyclic) bond motifs is 6. The molecule has 2 nitrogen and oxygen atoms in total. The highest BCUT2D eigenvalue weighted by atomic mass is 15.2. The normalized spacial score (nSPS) is 13.0. The molecule has 1 heterocycles. The minimum atomic E-state index is -0.300. The summed E-state index contributed by atoms with van der Waals surface area (Å²) >= 11 is 0. The lowest BCUT2D eigenvalue weighted by molar-refractivity contribution is 0.634. The third kappa shape index (κ3) is 6.02. The zero-order valence-electron chi connectivity index (χ0n) is 35.3. The van der Waals surface area contributed by atoms with Gasteiger partial charge in [0.25, 0.3) is 0 Å². The summed E-state index contributed by atoms with van der Waals surface area (Å²) in [6.07, 6.45) is 0. The van der Waals surface area contributed by atoms with Crippen molar-refractivity contribution < 1.29 is 0 Å². The molecule has 298 valence electrons. The number of benzene rings is 11. The van der Waals surface area contributed by atoms with Gasteiger partial charge in [0.1, 0.15) is 0 Å². The summed E-state index contributed by atoms with van der Waals surface area (Å²) in [5.74, 6) is 0. The molecule has 12 rings (SSSR count). The second kappa shape index (κ2) is 14.6. The Bertz CT molecular complexity index is 3560. The molecule has 2 heteroatoms. The van der Waals surface area contributed by atoms with Crippen molar-refractivity contribution >= 4 is 77.2 Å². The Balaban J connectivity index is 1.05. The number of rotatable bonds is 6. The fraction of sp³-hybridized carbons (Fsp3) is 0.0492. The zero-order valence-corrected chi connectivity index (χ0v) is 35.3. The topological polar surface area (TPSA) is 6.48 Å². The summed E-state index contributed by atoms with van der Waals surface area (Å²) in [5.41, 5.74) is 14.1. The molecule has 0 radical (unpaired) electrons. The van der Waals surface area contributed by atoms with E-state index in [9.17, 15) is 0 Å². The number of hydrogen-bond acceptors (Lipinski definition) is 2. The van der Waals surface area contributed by atoms with E-state index in [4.69, 9.17) is 0 Å². The predicted octanol–water partition coefficient (Wildman–Crippen LogP) is 17.2. The molecular formula is C61H44N2. The van der Waals surface area contributed by atoms with Crippen LogP contribution >= 0.6 is 0 Å². The van der Waals surface area contributed by atoms with E-state index in [2.05, 4.69) is 254 Å². The minimum absolute atomic E-state index is 0.300. The van der Waals surface area contributed by atoms with Gasteiger partial charge in [0, 0.05) is 33.1 Å². The molecule has 1 aliphatic rings. The summed E-state index contributed by atoms with van der Waals surface area (Å²) in [6, 6.07) is 84.9. The maximum atomic E-state index is 2.56. The third-order valence-electron chi connectivity index (χ3n) is 13.3. The van der Waals surface area contributed by atoms with Crippen LogP contribution in [0.3, 0.4) is 0 Å². The van der Waals surface area contributed by atoms with Gasteiger partial charge in [-0.25, -0.2) is 0 Å². The van der Waals surface area contributed by atoms with E-state index in [1.165, 1.54) is 93.5 Å². The van der Waals surface area contributed by atoms with Crippen molar-refractivity contribution in [1.82, 2.24) is 0 Å². The van der Waals surface area contributed by atoms with E-state index < -0.39 is 0 Å². The van der Waals surface area contributed by atoms with Crippen LogP contribution in [-0.4, -0.2) is 0 Å². The molecule has 0 unspecified atom stereocenters. The van der Waals surface area contributed by atoms with Crippen LogP contribution in [0.5, 0.6) is 0 Å². The first-order valence-corrected chi connectivity index (χ1v) is 21.9. The molecule has 1 aliphatic heterocycles. The van der Waals surface area contributed by atoms with Crippen LogP contribution < -0.4 is 9.80 Å². The molecule has 0 aliphatic carbocycles. The highest BCUT2D eigenvalue weighted by Gasteiger charge is 2.39. The van der Waals surface area contributed by atoms with Gasteiger partial charge in [-0.1, -0.05) is 196 Å². The minimum Gasteiger partial charge on any atom is -0.310 e. The van der Waals surface area contributed by atoms with Gasteiger partial charge in [0.05, 0.1) is 22.7 Å². The Morgan fingerprint density at radius 2 is 0.905 bits per heavy atom. The highest BCUT2D eigenvalue weighted by molar-refractivity contribution is 6.09. The summed E-state index contributed by atoms with van der Waals surface area (Å²) in [4.78, 5) is 4.97. The summed E-state index contributed by atoms with van der Waals surface area (Å²) in [5, 5.41) is 9.80. The van der Waals surface area contributed by atoms with E-state index in [1.54, 1.807) is 0 Å². The first-order valence-electron chi connectivity index (χ1n) is 21.9. The van der Waals surface area contributed by atoms with E-state index in [0.717, 1.165) is 17.1 Å². The number of para-hydroxylation sites is 1. The number of hydrogen-bond donors (Lipinski definition) is 0. The smallest absolute Gasteiger partial charge is 0.0618 e. The van der Waals surface area contributed by atoms with Crippen molar-refractivity contribution in [3.05, 3.63) is 242 Å². The van der Waals surface area contributed by atoms with Gasteiger partial charge in [-0.2, -0.15) is 0 Å². The Morgan fingerprint density at radius 3 is 1.68 bits per heavy atom. The third-order valence-corrected chi connectivity index (χ3v) is 13.3. The van der Waals surface area contributed by atoms with Crippen molar-refractivity contribution in [3.8, 4) is 22.3 Å². The molecule has 0 saturated carbocycles. The van der Waals surface area contributed by atoms with Crippen molar-refractivity contribution in [2.45, 2.75) is 19.3 Å². The molecule has 11 aromatic rings. The largest absolute Gasteiger partial charge is 0.310 e. The van der Waals surface area contributed by atoms with Gasteiger partial charge in [-0.3, -0.25) is 0 Å². The Morgan fingerprint density at radius 1 is 0.365 bits per heavy atom. The molecule has 63 heavy (non-hydrogen) atoms. The maximum absolute atomic E-state index is 2.56. The predicted molar refractivity (Wildman–Crippen MR) is 269 cm³/mol. The summed E-state index contributed by atoms with van der Waals surface area (Å²) in [7, 11) is 0. The molecule has 0 bridgehead atoms. The molecule has 0 fully saturated rings. The molecule has 0 saturated heterocycles. The van der Waals surface area contributed by atoms with Gasteiger partial charge in [0.2, 0.25) is 0 Å².